The molecule has 0 aromatic rings. The summed E-state index contributed by atoms with van der Waals surface area (Å²) in [5.74, 6) is -0.824. The number of carbonyl (C=O) groups is 2. The molecular weight excluding hydrogens is 677 g/mol. The Morgan fingerprint density at radius 1 is 0.519 bits per heavy atom. The van der Waals surface area contributed by atoms with Gasteiger partial charge in [-0.1, -0.05) is 181 Å². The molecule has 1 unspecified atom stereocenters. The summed E-state index contributed by atoms with van der Waals surface area (Å²) in [4.78, 5) is 37.4. The van der Waals surface area contributed by atoms with E-state index >= 15 is 0 Å². The average molecular weight is 762 g/mol. The quantitative estimate of drug-likeness (QED) is 0.0263. The molecule has 0 saturated heterocycles. The molecule has 10 heteroatoms. The molecule has 0 saturated carbocycles. The smallest absolute Gasteiger partial charge is 0.306 e. The number of ether oxygens (including phenoxy) is 2. The van der Waals surface area contributed by atoms with E-state index in [4.69, 9.17) is 18.5 Å². The van der Waals surface area contributed by atoms with E-state index in [-0.39, 0.29) is 32.0 Å². The van der Waals surface area contributed by atoms with Crippen LogP contribution in [-0.2, 0) is 32.7 Å². The lowest BCUT2D eigenvalue weighted by Crippen LogP contribution is -2.37. The predicted octanol–water partition coefficient (Wildman–Crippen LogP) is 11.4. The highest BCUT2D eigenvalue weighted by molar-refractivity contribution is 7.45. The van der Waals surface area contributed by atoms with E-state index in [2.05, 4.69) is 13.8 Å². The maximum atomic E-state index is 12.6. The summed E-state index contributed by atoms with van der Waals surface area (Å²) < 4.78 is 33.8. The third-order valence-electron chi connectivity index (χ3n) is 9.63. The van der Waals surface area contributed by atoms with Crippen molar-refractivity contribution in [3.05, 3.63) is 0 Å². The molecule has 0 radical (unpaired) electrons. The number of hydrogen-bond acceptors (Lipinski definition) is 8. The Morgan fingerprint density at radius 2 is 0.865 bits per heavy atom. The summed E-state index contributed by atoms with van der Waals surface area (Å²) in [5.41, 5.74) is 0. The molecule has 0 aliphatic rings. The second-order valence-corrected chi connectivity index (χ2v) is 17.5. The van der Waals surface area contributed by atoms with Crippen molar-refractivity contribution in [1.29, 1.82) is 0 Å². The van der Waals surface area contributed by atoms with E-state index in [1.807, 2.05) is 21.1 Å². The zero-order valence-electron chi connectivity index (χ0n) is 34.8. The number of esters is 2. The van der Waals surface area contributed by atoms with Crippen molar-refractivity contribution < 1.29 is 42.1 Å². The lowest BCUT2D eigenvalue weighted by Gasteiger charge is -2.28. The van der Waals surface area contributed by atoms with Crippen LogP contribution in [0.3, 0.4) is 0 Å². The number of unbranched alkanes of at least 4 members (excludes halogenated alkanes) is 26. The molecule has 0 aliphatic heterocycles. The first-order chi connectivity index (χ1) is 25.0. The fraction of sp³-hybridized carbons (Fsp3) is 0.952. The summed E-state index contributed by atoms with van der Waals surface area (Å²) in [7, 11) is 1.18. The lowest BCUT2D eigenvalue weighted by atomic mass is 10.0. The van der Waals surface area contributed by atoms with Crippen LogP contribution in [0.4, 0.5) is 0 Å². The van der Waals surface area contributed by atoms with Crippen molar-refractivity contribution in [3.63, 3.8) is 0 Å². The Labute approximate surface area is 321 Å². The van der Waals surface area contributed by atoms with Crippen molar-refractivity contribution >= 4 is 19.8 Å². The van der Waals surface area contributed by atoms with Gasteiger partial charge in [0.25, 0.3) is 7.82 Å². The Morgan fingerprint density at radius 3 is 1.23 bits per heavy atom. The fourth-order valence-corrected chi connectivity index (χ4v) is 6.91. The maximum Gasteiger partial charge on any atom is 0.306 e. The van der Waals surface area contributed by atoms with Gasteiger partial charge in [0.05, 0.1) is 27.7 Å². The number of likely N-dealkylation sites (N-methyl/N-ethyl adjacent to an activating group) is 1. The molecule has 0 aromatic heterocycles. The monoisotopic (exact) mass is 762 g/mol. The normalized spacial score (nSPS) is 13.6. The van der Waals surface area contributed by atoms with Gasteiger partial charge in [-0.2, -0.15) is 0 Å². The van der Waals surface area contributed by atoms with Crippen LogP contribution in [0.15, 0.2) is 0 Å². The Kier molecular flexibility index (Phi) is 35.0. The largest absolute Gasteiger partial charge is 0.756 e. The summed E-state index contributed by atoms with van der Waals surface area (Å²) in [5, 5.41) is 0. The SMILES string of the molecule is CCCCCCCCCCCCCCCCCCCCCC(=O)OC[C@@H](COP(=O)([O-])OCC[N+](C)(C)C)OC(=O)CCCCCCCCCCC. The molecule has 0 N–H and O–H groups in total. The molecule has 0 aliphatic carbocycles. The third-order valence-corrected chi connectivity index (χ3v) is 10.6. The second-order valence-electron chi connectivity index (χ2n) is 16.1. The zero-order chi connectivity index (χ0) is 38.6. The summed E-state index contributed by atoms with van der Waals surface area (Å²) in [6, 6.07) is 0. The number of hydrogen-bond donors (Lipinski definition) is 0. The minimum absolute atomic E-state index is 0.0260. The molecule has 2 atom stereocenters. The number of carbonyl (C=O) groups excluding carboxylic acids is 2. The van der Waals surface area contributed by atoms with Gasteiger partial charge in [0.2, 0.25) is 0 Å². The summed E-state index contributed by atoms with van der Waals surface area (Å²) in [6.45, 7) is 4.23. The number of nitrogens with zero attached hydrogens (tertiary/aromatic N) is 1. The van der Waals surface area contributed by atoms with Crippen molar-refractivity contribution in [2.75, 3.05) is 47.5 Å². The standard InChI is InChI=1S/C42H84NO8P/c1-6-8-10-12-14-16-17-18-19-20-21-22-23-24-25-27-28-30-32-34-41(44)48-38-40(39-50-52(46,47)49-37-36-43(3,4)5)51-42(45)35-33-31-29-26-15-13-11-9-7-2/h40H,6-39H2,1-5H3/t40-/m0/s1. The van der Waals surface area contributed by atoms with E-state index in [0.29, 0.717) is 17.4 Å². The van der Waals surface area contributed by atoms with E-state index < -0.39 is 26.5 Å². The van der Waals surface area contributed by atoms with Gasteiger partial charge >= 0.3 is 11.9 Å². The molecule has 9 nitrogen and oxygen atoms in total. The zero-order valence-corrected chi connectivity index (χ0v) is 35.7. The first-order valence-electron chi connectivity index (χ1n) is 21.7. The van der Waals surface area contributed by atoms with Crippen LogP contribution in [0.5, 0.6) is 0 Å². The highest BCUT2D eigenvalue weighted by Gasteiger charge is 2.21. The van der Waals surface area contributed by atoms with E-state index in [9.17, 15) is 19.0 Å². The Hall–Kier alpha value is -0.990. The molecule has 0 rings (SSSR count). The van der Waals surface area contributed by atoms with Gasteiger partial charge in [0, 0.05) is 12.8 Å². The number of rotatable bonds is 40. The Balaban J connectivity index is 4.20. The van der Waals surface area contributed by atoms with Crippen LogP contribution in [-0.4, -0.2) is 70.0 Å². The number of phosphoric ester groups is 1. The van der Waals surface area contributed by atoms with Crippen LogP contribution >= 0.6 is 7.82 Å². The molecule has 0 amide bonds. The Bertz CT molecular complexity index is 865. The number of phosphoric acid groups is 1. The molecular formula is C42H84NO8P. The average Bonchev–Trinajstić information content (AvgIpc) is 3.09. The molecule has 52 heavy (non-hydrogen) atoms. The van der Waals surface area contributed by atoms with Crippen molar-refractivity contribution in [1.82, 2.24) is 0 Å². The second kappa shape index (κ2) is 35.7. The predicted molar refractivity (Wildman–Crippen MR) is 213 cm³/mol. The molecule has 0 spiro atoms. The third kappa shape index (κ3) is 38.7. The van der Waals surface area contributed by atoms with Gasteiger partial charge < -0.3 is 27.9 Å². The number of quaternary nitrogens is 1. The molecule has 310 valence electrons. The summed E-state index contributed by atoms with van der Waals surface area (Å²) in [6.07, 6.45) is 34.2. The molecule has 0 fully saturated rings. The van der Waals surface area contributed by atoms with Gasteiger partial charge in [-0.15, -0.1) is 0 Å². The first kappa shape index (κ1) is 51.0. The molecule has 0 bridgehead atoms. The van der Waals surface area contributed by atoms with Crippen LogP contribution in [0, 0.1) is 0 Å². The van der Waals surface area contributed by atoms with Crippen LogP contribution in [0.1, 0.15) is 206 Å². The first-order valence-corrected chi connectivity index (χ1v) is 23.2. The van der Waals surface area contributed by atoms with Gasteiger partial charge in [0.15, 0.2) is 6.10 Å². The van der Waals surface area contributed by atoms with Crippen LogP contribution in [0.2, 0.25) is 0 Å². The van der Waals surface area contributed by atoms with Crippen molar-refractivity contribution in [2.45, 2.75) is 213 Å². The van der Waals surface area contributed by atoms with Gasteiger partial charge in [-0.3, -0.25) is 14.2 Å². The van der Waals surface area contributed by atoms with Gasteiger partial charge in [0.1, 0.15) is 19.8 Å². The topological polar surface area (TPSA) is 111 Å². The minimum atomic E-state index is -4.61. The van der Waals surface area contributed by atoms with Crippen LogP contribution < -0.4 is 4.89 Å². The van der Waals surface area contributed by atoms with E-state index in [1.54, 1.807) is 0 Å². The highest BCUT2D eigenvalue weighted by atomic mass is 31.2. The fourth-order valence-electron chi connectivity index (χ4n) is 6.18. The van der Waals surface area contributed by atoms with Gasteiger partial charge in [-0.25, -0.2) is 0 Å². The molecule has 0 aromatic carbocycles. The summed E-state index contributed by atoms with van der Waals surface area (Å²) >= 11 is 0. The van der Waals surface area contributed by atoms with E-state index in [1.165, 1.54) is 135 Å². The minimum Gasteiger partial charge on any atom is -0.756 e. The lowest BCUT2D eigenvalue weighted by molar-refractivity contribution is -0.870. The van der Waals surface area contributed by atoms with Crippen molar-refractivity contribution in [3.8, 4) is 0 Å². The maximum absolute atomic E-state index is 12.6. The van der Waals surface area contributed by atoms with E-state index in [0.717, 1.165) is 38.5 Å². The van der Waals surface area contributed by atoms with Crippen LogP contribution in [0.25, 0.3) is 0 Å². The van der Waals surface area contributed by atoms with Gasteiger partial charge in [-0.05, 0) is 12.8 Å². The highest BCUT2D eigenvalue weighted by Crippen LogP contribution is 2.38. The van der Waals surface area contributed by atoms with Crippen molar-refractivity contribution in [2.24, 2.45) is 0 Å². The molecule has 0 heterocycles.